The van der Waals surface area contributed by atoms with Crippen molar-refractivity contribution in [1.82, 2.24) is 19.5 Å². The van der Waals surface area contributed by atoms with Crippen molar-refractivity contribution in [2.24, 2.45) is 0 Å². The largest absolute Gasteiger partial charge is 0.352 e. The van der Waals surface area contributed by atoms with E-state index in [0.717, 1.165) is 5.69 Å². The highest BCUT2D eigenvalue weighted by Gasteiger charge is 2.13. The van der Waals surface area contributed by atoms with Gasteiger partial charge in [-0.25, -0.2) is 4.79 Å². The van der Waals surface area contributed by atoms with Gasteiger partial charge in [0.15, 0.2) is 0 Å². The molecule has 0 radical (unpaired) electrons. The maximum atomic E-state index is 12.3. The lowest BCUT2D eigenvalue weighted by Crippen LogP contribution is -2.27. The molecule has 7 nitrogen and oxygen atoms in total. The lowest BCUT2D eigenvalue weighted by molar-refractivity contribution is 0.688. The molecule has 3 rings (SSSR count). The van der Waals surface area contributed by atoms with E-state index < -0.39 is 5.69 Å². The molecule has 0 saturated heterocycles. The van der Waals surface area contributed by atoms with Crippen LogP contribution >= 0.6 is 11.6 Å². The lowest BCUT2D eigenvalue weighted by atomic mass is 10.2. The number of hydrazine groups is 1. The van der Waals surface area contributed by atoms with Crippen LogP contribution in [0.3, 0.4) is 0 Å². The van der Waals surface area contributed by atoms with Crippen LogP contribution in [0.15, 0.2) is 53.6 Å². The molecule has 0 atom stereocenters. The third-order valence-corrected chi connectivity index (χ3v) is 3.66. The van der Waals surface area contributed by atoms with E-state index >= 15 is 0 Å². The molecule has 1 aromatic carbocycles. The molecule has 2 aromatic heterocycles. The summed E-state index contributed by atoms with van der Waals surface area (Å²) >= 11 is 6.25. The monoisotopic (exact) mass is 342 g/mol. The summed E-state index contributed by atoms with van der Waals surface area (Å²) in [5.74, 6) is 0.624. The maximum Gasteiger partial charge on any atom is 0.352 e. The number of nitrogens with one attached hydrogen (secondary N) is 2. The van der Waals surface area contributed by atoms with Crippen LogP contribution in [-0.4, -0.2) is 19.5 Å². The number of halogens is 1. The molecule has 0 fully saturated rings. The summed E-state index contributed by atoms with van der Waals surface area (Å²) in [6, 6.07) is 10.8. The van der Waals surface area contributed by atoms with Crippen molar-refractivity contribution >= 4 is 23.2 Å². The zero-order valence-corrected chi connectivity index (χ0v) is 13.7. The Morgan fingerprint density at radius 2 is 1.83 bits per heavy atom. The average molecular weight is 343 g/mol. The van der Waals surface area contributed by atoms with E-state index in [2.05, 4.69) is 25.8 Å². The second-order valence-electron chi connectivity index (χ2n) is 4.86. The van der Waals surface area contributed by atoms with E-state index in [-0.39, 0.29) is 5.95 Å². The van der Waals surface area contributed by atoms with Crippen LogP contribution in [0.4, 0.5) is 11.6 Å². The second-order valence-corrected chi connectivity index (χ2v) is 5.27. The van der Waals surface area contributed by atoms with Crippen molar-refractivity contribution < 1.29 is 0 Å². The smallest absolute Gasteiger partial charge is 0.298 e. The van der Waals surface area contributed by atoms with Gasteiger partial charge in [0.1, 0.15) is 5.82 Å². The Bertz CT molecular complexity index is 897. The standard InChI is InChI=1S/C16H15ClN6O/c1-2-23-14(12-5-3-4-6-13(12)17)19-15(20-16(23)24)22-21-11-7-9-18-10-8-11/h3-10H,2H2,1H3,(H,18,21)(H,20,22,24). The van der Waals surface area contributed by atoms with Gasteiger partial charge in [-0.2, -0.15) is 9.97 Å². The topological polar surface area (TPSA) is 84.7 Å². The maximum absolute atomic E-state index is 12.3. The van der Waals surface area contributed by atoms with Gasteiger partial charge in [-0.15, -0.1) is 0 Å². The molecule has 0 aliphatic heterocycles. The van der Waals surface area contributed by atoms with Crippen LogP contribution in [0.1, 0.15) is 6.92 Å². The Kier molecular flexibility index (Phi) is 4.72. The van der Waals surface area contributed by atoms with Crippen LogP contribution in [0.25, 0.3) is 11.4 Å². The molecular weight excluding hydrogens is 328 g/mol. The predicted molar refractivity (Wildman–Crippen MR) is 93.9 cm³/mol. The van der Waals surface area contributed by atoms with Gasteiger partial charge in [0.25, 0.3) is 0 Å². The summed E-state index contributed by atoms with van der Waals surface area (Å²) in [5, 5.41) is 0.519. The first kappa shape index (κ1) is 15.9. The number of hydrogen-bond donors (Lipinski definition) is 2. The van der Waals surface area contributed by atoms with Gasteiger partial charge in [0.05, 0.1) is 10.7 Å². The lowest BCUT2D eigenvalue weighted by Gasteiger charge is -2.13. The van der Waals surface area contributed by atoms with Gasteiger partial charge in [-0.3, -0.25) is 20.4 Å². The van der Waals surface area contributed by atoms with Gasteiger partial charge in [-0.1, -0.05) is 23.7 Å². The quantitative estimate of drug-likeness (QED) is 0.693. The summed E-state index contributed by atoms with van der Waals surface area (Å²) in [7, 11) is 0. The normalized spacial score (nSPS) is 10.4. The van der Waals surface area contributed by atoms with E-state index in [1.54, 1.807) is 30.6 Å². The molecule has 0 aliphatic rings. The SMILES string of the molecule is CCn1c(-c2ccccc2Cl)nc(NNc2ccncc2)nc1=O. The fourth-order valence-electron chi connectivity index (χ4n) is 2.18. The highest BCUT2D eigenvalue weighted by Crippen LogP contribution is 2.25. The van der Waals surface area contributed by atoms with Crippen molar-refractivity contribution in [3.05, 3.63) is 64.3 Å². The molecule has 2 heterocycles. The van der Waals surface area contributed by atoms with E-state index in [1.165, 1.54) is 4.57 Å². The Morgan fingerprint density at radius 1 is 1.08 bits per heavy atom. The molecule has 0 saturated carbocycles. The minimum Gasteiger partial charge on any atom is -0.298 e. The van der Waals surface area contributed by atoms with Crippen LogP contribution in [0, 0.1) is 0 Å². The first-order chi connectivity index (χ1) is 11.7. The highest BCUT2D eigenvalue weighted by molar-refractivity contribution is 6.33. The minimum atomic E-state index is -0.401. The summed E-state index contributed by atoms with van der Waals surface area (Å²) in [5.41, 5.74) is 6.79. The Morgan fingerprint density at radius 3 is 2.54 bits per heavy atom. The Hall–Kier alpha value is -2.93. The second kappa shape index (κ2) is 7.10. The predicted octanol–water partition coefficient (Wildman–Crippen LogP) is 2.81. The highest BCUT2D eigenvalue weighted by atomic mass is 35.5. The fourth-order valence-corrected chi connectivity index (χ4v) is 2.40. The third-order valence-electron chi connectivity index (χ3n) is 3.33. The molecule has 0 amide bonds. The molecular formula is C16H15ClN6O. The van der Waals surface area contributed by atoms with E-state index in [4.69, 9.17) is 11.6 Å². The van der Waals surface area contributed by atoms with Gasteiger partial charge < -0.3 is 0 Å². The van der Waals surface area contributed by atoms with Crippen molar-refractivity contribution in [3.8, 4) is 11.4 Å². The molecule has 0 aliphatic carbocycles. The number of anilines is 2. The summed E-state index contributed by atoms with van der Waals surface area (Å²) < 4.78 is 1.47. The number of aromatic nitrogens is 4. The molecule has 0 spiro atoms. The van der Waals surface area contributed by atoms with Gasteiger partial charge in [0, 0.05) is 24.5 Å². The number of hydrogen-bond acceptors (Lipinski definition) is 6. The third kappa shape index (κ3) is 3.36. The van der Waals surface area contributed by atoms with Crippen molar-refractivity contribution in [3.63, 3.8) is 0 Å². The van der Waals surface area contributed by atoms with Gasteiger partial charge in [0.2, 0.25) is 5.95 Å². The summed E-state index contributed by atoms with van der Waals surface area (Å²) in [6.07, 6.45) is 3.30. The first-order valence-corrected chi connectivity index (χ1v) is 7.72. The van der Waals surface area contributed by atoms with Gasteiger partial charge in [-0.05, 0) is 31.2 Å². The van der Waals surface area contributed by atoms with Crippen molar-refractivity contribution in [2.75, 3.05) is 10.9 Å². The van der Waals surface area contributed by atoms with E-state index in [9.17, 15) is 4.79 Å². The molecule has 122 valence electrons. The zero-order valence-electron chi connectivity index (χ0n) is 12.9. The molecule has 0 bridgehead atoms. The molecule has 24 heavy (non-hydrogen) atoms. The number of rotatable bonds is 5. The molecule has 0 unspecified atom stereocenters. The summed E-state index contributed by atoms with van der Waals surface area (Å²) in [6.45, 7) is 2.30. The number of nitrogens with zero attached hydrogens (tertiary/aromatic N) is 4. The minimum absolute atomic E-state index is 0.163. The van der Waals surface area contributed by atoms with Crippen LogP contribution in [0.5, 0.6) is 0 Å². The van der Waals surface area contributed by atoms with Crippen LogP contribution in [0.2, 0.25) is 5.02 Å². The molecule has 8 heteroatoms. The molecule has 3 aromatic rings. The van der Waals surface area contributed by atoms with Gasteiger partial charge >= 0.3 is 5.69 Å². The molecule has 2 N–H and O–H groups in total. The Balaban J connectivity index is 1.98. The zero-order chi connectivity index (χ0) is 16.9. The fraction of sp³-hybridized carbons (Fsp3) is 0.125. The van der Waals surface area contributed by atoms with Crippen molar-refractivity contribution in [2.45, 2.75) is 13.5 Å². The van der Waals surface area contributed by atoms with Crippen LogP contribution in [-0.2, 0) is 6.54 Å². The Labute approximate surface area is 143 Å². The number of benzene rings is 1. The van der Waals surface area contributed by atoms with E-state index in [0.29, 0.717) is 23.0 Å². The van der Waals surface area contributed by atoms with E-state index in [1.807, 2.05) is 25.1 Å². The summed E-state index contributed by atoms with van der Waals surface area (Å²) in [4.78, 5) is 24.6. The average Bonchev–Trinajstić information content (AvgIpc) is 2.61. The number of pyridine rings is 1. The van der Waals surface area contributed by atoms with Crippen molar-refractivity contribution in [1.29, 1.82) is 0 Å². The van der Waals surface area contributed by atoms with Crippen LogP contribution < -0.4 is 16.5 Å². The first-order valence-electron chi connectivity index (χ1n) is 7.35.